The Bertz CT molecular complexity index is 995. The first-order valence-corrected chi connectivity index (χ1v) is 10.9. The molecule has 3 heterocycles. The highest BCUT2D eigenvalue weighted by molar-refractivity contribution is 5.77. The van der Waals surface area contributed by atoms with Crippen LogP contribution in [-0.4, -0.2) is 49.7 Å². The van der Waals surface area contributed by atoms with Gasteiger partial charge >= 0.3 is 0 Å². The second-order valence-electron chi connectivity index (χ2n) is 8.48. The van der Waals surface area contributed by atoms with Gasteiger partial charge in [0, 0.05) is 31.1 Å². The Morgan fingerprint density at radius 3 is 2.60 bits per heavy atom. The maximum atomic E-state index is 6.06. The van der Waals surface area contributed by atoms with Gasteiger partial charge < -0.3 is 13.9 Å². The summed E-state index contributed by atoms with van der Waals surface area (Å²) in [7, 11) is 3.42. The van der Waals surface area contributed by atoms with Crippen LogP contribution in [-0.2, 0) is 19.5 Å². The molecule has 0 aliphatic carbocycles. The number of para-hydroxylation sites is 1. The van der Waals surface area contributed by atoms with Crippen LogP contribution in [0.3, 0.4) is 0 Å². The molecule has 0 bridgehead atoms. The van der Waals surface area contributed by atoms with Crippen LogP contribution in [0.4, 0.5) is 0 Å². The van der Waals surface area contributed by atoms with Crippen LogP contribution in [0.1, 0.15) is 29.7 Å². The molecule has 5 rings (SSSR count). The number of fused-ring (bicyclic) bond motifs is 2. The van der Waals surface area contributed by atoms with Crippen molar-refractivity contribution in [1.82, 2.24) is 9.80 Å². The first-order valence-electron chi connectivity index (χ1n) is 10.9. The van der Waals surface area contributed by atoms with E-state index in [0.29, 0.717) is 6.04 Å². The van der Waals surface area contributed by atoms with E-state index in [2.05, 4.69) is 40.1 Å². The zero-order chi connectivity index (χ0) is 20.5. The molecule has 1 saturated heterocycles. The van der Waals surface area contributed by atoms with Gasteiger partial charge in [0.1, 0.15) is 11.3 Å². The number of furan rings is 1. The van der Waals surface area contributed by atoms with Gasteiger partial charge in [0.2, 0.25) is 0 Å². The van der Waals surface area contributed by atoms with E-state index in [4.69, 9.17) is 13.9 Å². The zero-order valence-corrected chi connectivity index (χ0v) is 17.9. The Hall–Kier alpha value is -2.50. The number of benzene rings is 2. The molecule has 0 radical (unpaired) electrons. The first kappa shape index (κ1) is 19.5. The second-order valence-corrected chi connectivity index (χ2v) is 8.48. The Morgan fingerprint density at radius 2 is 1.80 bits per heavy atom. The molecule has 2 aromatic carbocycles. The average molecular weight is 407 g/mol. The quantitative estimate of drug-likeness (QED) is 0.625. The van der Waals surface area contributed by atoms with Crippen molar-refractivity contribution in [2.75, 3.05) is 33.9 Å². The maximum Gasteiger partial charge on any atom is 0.161 e. The molecule has 5 heteroatoms. The monoisotopic (exact) mass is 406 g/mol. The molecule has 5 nitrogen and oxygen atoms in total. The fraction of sp³-hybridized carbons (Fsp3) is 0.440. The summed E-state index contributed by atoms with van der Waals surface area (Å²) >= 11 is 0. The predicted molar refractivity (Wildman–Crippen MR) is 118 cm³/mol. The van der Waals surface area contributed by atoms with Crippen LogP contribution >= 0.6 is 0 Å². The van der Waals surface area contributed by atoms with Crippen LogP contribution in [0.25, 0.3) is 11.0 Å². The van der Waals surface area contributed by atoms with E-state index in [1.54, 1.807) is 14.2 Å². The normalized spacial score (nSPS) is 20.3. The predicted octanol–water partition coefficient (Wildman–Crippen LogP) is 4.47. The van der Waals surface area contributed by atoms with E-state index in [-0.39, 0.29) is 0 Å². The lowest BCUT2D eigenvalue weighted by atomic mass is 9.95. The smallest absolute Gasteiger partial charge is 0.161 e. The van der Waals surface area contributed by atoms with Crippen molar-refractivity contribution in [3.05, 3.63) is 59.4 Å². The van der Waals surface area contributed by atoms with Crippen molar-refractivity contribution >= 4 is 11.0 Å². The Balaban J connectivity index is 1.27. The highest BCUT2D eigenvalue weighted by Gasteiger charge is 2.29. The van der Waals surface area contributed by atoms with E-state index in [9.17, 15) is 0 Å². The average Bonchev–Trinajstić information content (AvgIpc) is 3.20. The molecule has 1 atom stereocenters. The summed E-state index contributed by atoms with van der Waals surface area (Å²) in [6.07, 6.45) is 3.56. The summed E-state index contributed by atoms with van der Waals surface area (Å²) in [6.45, 7) is 5.22. The van der Waals surface area contributed by atoms with Gasteiger partial charge in [-0.3, -0.25) is 9.80 Å². The van der Waals surface area contributed by atoms with Crippen molar-refractivity contribution in [1.29, 1.82) is 0 Å². The molecule has 0 spiro atoms. The summed E-state index contributed by atoms with van der Waals surface area (Å²) < 4.78 is 17.1. The highest BCUT2D eigenvalue weighted by Crippen LogP contribution is 2.34. The minimum absolute atomic E-state index is 0.587. The lowest BCUT2D eigenvalue weighted by Gasteiger charge is -2.41. The number of ether oxygens (including phenoxy) is 2. The van der Waals surface area contributed by atoms with Gasteiger partial charge in [-0.2, -0.15) is 0 Å². The summed E-state index contributed by atoms with van der Waals surface area (Å²) in [5, 5.41) is 1.19. The largest absolute Gasteiger partial charge is 0.493 e. The fourth-order valence-electron chi connectivity index (χ4n) is 5.02. The second kappa shape index (κ2) is 8.32. The minimum atomic E-state index is 0.587. The Morgan fingerprint density at radius 1 is 1.00 bits per heavy atom. The van der Waals surface area contributed by atoms with Gasteiger partial charge in [0.25, 0.3) is 0 Å². The summed E-state index contributed by atoms with van der Waals surface area (Å²) in [5.74, 6) is 2.73. The molecule has 0 N–H and O–H groups in total. The molecule has 0 saturated carbocycles. The van der Waals surface area contributed by atoms with E-state index in [1.165, 1.54) is 29.4 Å². The van der Waals surface area contributed by atoms with Crippen molar-refractivity contribution in [3.63, 3.8) is 0 Å². The van der Waals surface area contributed by atoms with Crippen molar-refractivity contribution < 1.29 is 13.9 Å². The molecule has 2 aliphatic heterocycles. The summed E-state index contributed by atoms with van der Waals surface area (Å²) in [5.41, 5.74) is 3.74. The minimum Gasteiger partial charge on any atom is -0.493 e. The third kappa shape index (κ3) is 3.80. The van der Waals surface area contributed by atoms with Gasteiger partial charge in [0.15, 0.2) is 11.5 Å². The lowest BCUT2D eigenvalue weighted by molar-refractivity contribution is 0.0804. The van der Waals surface area contributed by atoms with E-state index in [0.717, 1.165) is 62.0 Å². The van der Waals surface area contributed by atoms with Gasteiger partial charge in [0.05, 0.1) is 20.8 Å². The lowest BCUT2D eigenvalue weighted by Crippen LogP contribution is -2.49. The van der Waals surface area contributed by atoms with Gasteiger partial charge in [-0.25, -0.2) is 0 Å². The number of likely N-dealkylation sites (tertiary alicyclic amines) is 1. The number of piperidine rings is 1. The van der Waals surface area contributed by atoms with Crippen LogP contribution in [0.2, 0.25) is 0 Å². The summed E-state index contributed by atoms with van der Waals surface area (Å²) in [6, 6.07) is 15.4. The number of nitrogens with zero attached hydrogens (tertiary/aromatic N) is 2. The Labute approximate surface area is 178 Å². The molecule has 1 unspecified atom stereocenters. The number of methoxy groups -OCH3 is 2. The molecule has 30 heavy (non-hydrogen) atoms. The van der Waals surface area contributed by atoms with Crippen molar-refractivity contribution in [3.8, 4) is 11.5 Å². The SMILES string of the molecule is COc1cc2c(cc1OC)CN(C1CCCN(Cc3cc4ccccc4o3)C1)CC2. The zero-order valence-electron chi connectivity index (χ0n) is 17.9. The molecular formula is C25H30N2O3. The molecule has 3 aromatic rings. The number of hydrogen-bond acceptors (Lipinski definition) is 5. The van der Waals surface area contributed by atoms with Crippen LogP contribution in [0.5, 0.6) is 11.5 Å². The van der Waals surface area contributed by atoms with Crippen LogP contribution in [0, 0.1) is 0 Å². The van der Waals surface area contributed by atoms with Gasteiger partial charge in [-0.1, -0.05) is 18.2 Å². The number of hydrogen-bond donors (Lipinski definition) is 0. The number of rotatable bonds is 5. The first-order chi connectivity index (χ1) is 14.7. The standard InChI is InChI=1S/C25H30N2O3/c1-28-24-13-18-9-11-27(15-20(18)14-25(24)29-2)21-7-5-10-26(16-21)17-22-12-19-6-3-4-8-23(19)30-22/h3-4,6,8,12-14,21H,5,7,9-11,15-17H2,1-2H3. The summed E-state index contributed by atoms with van der Waals surface area (Å²) in [4.78, 5) is 5.20. The van der Waals surface area contributed by atoms with E-state index >= 15 is 0 Å². The molecule has 1 fully saturated rings. The molecule has 2 aliphatic rings. The molecule has 0 amide bonds. The van der Waals surface area contributed by atoms with Crippen LogP contribution < -0.4 is 9.47 Å². The Kier molecular flexibility index (Phi) is 5.40. The molecule has 158 valence electrons. The maximum absolute atomic E-state index is 6.06. The third-order valence-electron chi connectivity index (χ3n) is 6.60. The van der Waals surface area contributed by atoms with E-state index < -0.39 is 0 Å². The van der Waals surface area contributed by atoms with Crippen LogP contribution in [0.15, 0.2) is 46.9 Å². The van der Waals surface area contributed by atoms with E-state index in [1.807, 2.05) is 12.1 Å². The highest BCUT2D eigenvalue weighted by atomic mass is 16.5. The molecule has 1 aromatic heterocycles. The van der Waals surface area contributed by atoms with Crippen molar-refractivity contribution in [2.24, 2.45) is 0 Å². The van der Waals surface area contributed by atoms with Gasteiger partial charge in [-0.15, -0.1) is 0 Å². The molecular weight excluding hydrogens is 376 g/mol. The topological polar surface area (TPSA) is 38.1 Å². The fourth-order valence-corrected chi connectivity index (χ4v) is 5.02. The van der Waals surface area contributed by atoms with Crippen molar-refractivity contribution in [2.45, 2.75) is 38.4 Å². The van der Waals surface area contributed by atoms with Gasteiger partial charge in [-0.05, 0) is 61.2 Å². The third-order valence-corrected chi connectivity index (χ3v) is 6.60.